The van der Waals surface area contributed by atoms with Gasteiger partial charge in [0.2, 0.25) is 0 Å². The molecule has 1 aliphatic heterocycles. The van der Waals surface area contributed by atoms with Crippen LogP contribution in [-0.2, 0) is 11.2 Å². The van der Waals surface area contributed by atoms with Crippen LogP contribution in [0.2, 0.25) is 0 Å². The fourth-order valence-corrected chi connectivity index (χ4v) is 4.49. The topological polar surface area (TPSA) is 64.7 Å². The molecular weight excluding hydrogens is 460 g/mol. The summed E-state index contributed by atoms with van der Waals surface area (Å²) in [5.41, 5.74) is 5.77. The van der Waals surface area contributed by atoms with Crippen molar-refractivity contribution in [1.29, 1.82) is 0 Å². The second-order valence-corrected chi connectivity index (χ2v) is 9.78. The average Bonchev–Trinajstić information content (AvgIpc) is 3.22. The van der Waals surface area contributed by atoms with Crippen LogP contribution in [0.5, 0.6) is 0 Å². The number of fused-ring (bicyclic) bond motifs is 1. The molecule has 0 saturated heterocycles. The molecule has 0 aromatic heterocycles. The van der Waals surface area contributed by atoms with E-state index < -0.39 is 0 Å². The Morgan fingerprint density at radius 2 is 1.73 bits per heavy atom. The second-order valence-electron chi connectivity index (χ2n) is 9.78. The standard InChI is InChI=1S/C31H36N4O2/c1-5-9-25(32-24-15-12-22(13-16-24)18-19-34(2)3)21-28-27-20-23(14-17-29(27)33-30(28)36)31(37)35(4)26-10-7-6-8-11-26/h6-8,10-17,20-21,25,32H,5,9,18-19H2,1-4H3,(H,33,36). The molecule has 1 atom stereocenters. The third-order valence-corrected chi connectivity index (χ3v) is 6.62. The normalized spacial score (nSPS) is 14.4. The van der Waals surface area contributed by atoms with Crippen LogP contribution in [0.1, 0.15) is 41.3 Å². The molecule has 0 saturated carbocycles. The Balaban J connectivity index is 1.55. The maximum absolute atomic E-state index is 13.2. The van der Waals surface area contributed by atoms with E-state index in [0.29, 0.717) is 11.1 Å². The maximum atomic E-state index is 13.2. The largest absolute Gasteiger partial charge is 0.379 e. The summed E-state index contributed by atoms with van der Waals surface area (Å²) in [6.45, 7) is 3.15. The van der Waals surface area contributed by atoms with Gasteiger partial charge in [-0.2, -0.15) is 0 Å². The van der Waals surface area contributed by atoms with Gasteiger partial charge in [-0.05, 0) is 81.0 Å². The number of carbonyl (C=O) groups excluding carboxylic acids is 2. The van der Waals surface area contributed by atoms with Crippen LogP contribution in [0.25, 0.3) is 5.57 Å². The van der Waals surface area contributed by atoms with E-state index in [0.717, 1.165) is 48.4 Å². The smallest absolute Gasteiger partial charge is 0.258 e. The minimum Gasteiger partial charge on any atom is -0.379 e. The molecule has 0 bridgehead atoms. The van der Waals surface area contributed by atoms with Crippen LogP contribution >= 0.6 is 0 Å². The molecule has 37 heavy (non-hydrogen) atoms. The van der Waals surface area contributed by atoms with E-state index in [-0.39, 0.29) is 17.9 Å². The van der Waals surface area contributed by atoms with E-state index in [9.17, 15) is 9.59 Å². The Morgan fingerprint density at radius 1 is 1.00 bits per heavy atom. The first kappa shape index (κ1) is 26.2. The van der Waals surface area contributed by atoms with E-state index >= 15 is 0 Å². The van der Waals surface area contributed by atoms with Crippen molar-refractivity contribution >= 4 is 34.4 Å². The first-order valence-electron chi connectivity index (χ1n) is 12.9. The number of hydrogen-bond donors (Lipinski definition) is 2. The van der Waals surface area contributed by atoms with Crippen molar-refractivity contribution in [3.05, 3.63) is 95.6 Å². The van der Waals surface area contributed by atoms with Crippen LogP contribution in [0.15, 0.2) is 78.9 Å². The molecule has 2 N–H and O–H groups in total. The lowest BCUT2D eigenvalue weighted by atomic mass is 9.99. The van der Waals surface area contributed by atoms with Crippen LogP contribution in [0.4, 0.5) is 17.1 Å². The first-order valence-corrected chi connectivity index (χ1v) is 12.9. The van der Waals surface area contributed by atoms with Gasteiger partial charge in [0, 0.05) is 53.4 Å². The molecule has 0 radical (unpaired) electrons. The Kier molecular flexibility index (Phi) is 8.41. The van der Waals surface area contributed by atoms with Crippen molar-refractivity contribution in [2.45, 2.75) is 32.2 Å². The number of likely N-dealkylation sites (N-methyl/N-ethyl adjacent to an activating group) is 1. The lowest BCUT2D eigenvalue weighted by molar-refractivity contribution is -0.110. The highest BCUT2D eigenvalue weighted by Gasteiger charge is 2.27. The summed E-state index contributed by atoms with van der Waals surface area (Å²) < 4.78 is 0. The molecule has 0 spiro atoms. The number of anilines is 3. The van der Waals surface area contributed by atoms with Crippen molar-refractivity contribution in [2.24, 2.45) is 0 Å². The number of nitrogens with one attached hydrogen (secondary N) is 2. The lowest BCUT2D eigenvalue weighted by Gasteiger charge is -2.18. The minimum atomic E-state index is -0.141. The summed E-state index contributed by atoms with van der Waals surface area (Å²) in [7, 11) is 5.92. The summed E-state index contributed by atoms with van der Waals surface area (Å²) in [4.78, 5) is 29.9. The Morgan fingerprint density at radius 3 is 2.41 bits per heavy atom. The van der Waals surface area contributed by atoms with Gasteiger partial charge >= 0.3 is 0 Å². The van der Waals surface area contributed by atoms with Gasteiger partial charge in [0.15, 0.2) is 0 Å². The highest BCUT2D eigenvalue weighted by atomic mass is 16.2. The Bertz CT molecular complexity index is 1270. The molecule has 1 heterocycles. The predicted octanol–water partition coefficient (Wildman–Crippen LogP) is 5.68. The van der Waals surface area contributed by atoms with Crippen LogP contribution in [0.3, 0.4) is 0 Å². The van der Waals surface area contributed by atoms with Gasteiger partial charge in [-0.3, -0.25) is 9.59 Å². The van der Waals surface area contributed by atoms with Gasteiger partial charge in [-0.15, -0.1) is 0 Å². The third-order valence-electron chi connectivity index (χ3n) is 6.62. The van der Waals surface area contributed by atoms with Crippen molar-refractivity contribution in [1.82, 2.24) is 4.90 Å². The predicted molar refractivity (Wildman–Crippen MR) is 153 cm³/mol. The summed E-state index contributed by atoms with van der Waals surface area (Å²) in [6, 6.07) is 23.4. The molecule has 1 unspecified atom stereocenters. The minimum absolute atomic E-state index is 0.0179. The van der Waals surface area contributed by atoms with Crippen molar-refractivity contribution in [3.63, 3.8) is 0 Å². The van der Waals surface area contributed by atoms with Gasteiger partial charge in [-0.1, -0.05) is 43.7 Å². The van der Waals surface area contributed by atoms with Gasteiger partial charge in [0.25, 0.3) is 11.8 Å². The second kappa shape index (κ2) is 11.9. The summed E-state index contributed by atoms with van der Waals surface area (Å²) in [6.07, 6.45) is 4.86. The quantitative estimate of drug-likeness (QED) is 0.354. The molecule has 0 aliphatic carbocycles. The number of rotatable bonds is 10. The molecule has 192 valence electrons. The van der Waals surface area contributed by atoms with E-state index in [1.807, 2.05) is 48.5 Å². The lowest BCUT2D eigenvalue weighted by Crippen LogP contribution is -2.26. The molecule has 4 rings (SSSR count). The van der Waals surface area contributed by atoms with Crippen molar-refractivity contribution in [2.75, 3.05) is 43.2 Å². The van der Waals surface area contributed by atoms with Crippen LogP contribution < -0.4 is 15.5 Å². The highest BCUT2D eigenvalue weighted by Crippen LogP contribution is 2.34. The number of nitrogens with zero attached hydrogens (tertiary/aromatic N) is 2. The fourth-order valence-electron chi connectivity index (χ4n) is 4.49. The molecule has 1 aliphatic rings. The zero-order chi connectivity index (χ0) is 26.4. The van der Waals surface area contributed by atoms with E-state index in [1.165, 1.54) is 5.56 Å². The fraction of sp³-hybridized carbons (Fsp3) is 0.290. The zero-order valence-corrected chi connectivity index (χ0v) is 22.1. The van der Waals surface area contributed by atoms with Crippen LogP contribution in [0, 0.1) is 0 Å². The summed E-state index contributed by atoms with van der Waals surface area (Å²) >= 11 is 0. The molecule has 3 aromatic carbocycles. The first-order chi connectivity index (χ1) is 17.9. The van der Waals surface area contributed by atoms with Gasteiger partial charge in [0.05, 0.1) is 0 Å². The van der Waals surface area contributed by atoms with E-state index in [2.05, 4.69) is 60.8 Å². The highest BCUT2D eigenvalue weighted by molar-refractivity contribution is 6.32. The van der Waals surface area contributed by atoms with E-state index in [4.69, 9.17) is 0 Å². The van der Waals surface area contributed by atoms with Crippen molar-refractivity contribution in [3.8, 4) is 0 Å². The summed E-state index contributed by atoms with van der Waals surface area (Å²) in [5.74, 6) is -0.261. The molecule has 6 heteroatoms. The number of para-hydroxylation sites is 1. The van der Waals surface area contributed by atoms with Gasteiger partial charge in [-0.25, -0.2) is 0 Å². The molecule has 0 fully saturated rings. The van der Waals surface area contributed by atoms with Gasteiger partial charge < -0.3 is 20.4 Å². The third kappa shape index (κ3) is 6.46. The Labute approximate surface area is 220 Å². The SMILES string of the molecule is CCCC(C=C1C(=O)Nc2ccc(C(=O)N(C)c3ccccc3)cc21)Nc1ccc(CCN(C)C)cc1. The monoisotopic (exact) mass is 496 g/mol. The molecule has 3 aromatic rings. The summed E-state index contributed by atoms with van der Waals surface area (Å²) in [5, 5.41) is 6.54. The molecule has 2 amide bonds. The zero-order valence-electron chi connectivity index (χ0n) is 22.1. The average molecular weight is 497 g/mol. The van der Waals surface area contributed by atoms with Crippen LogP contribution in [-0.4, -0.2) is 50.4 Å². The van der Waals surface area contributed by atoms with Gasteiger partial charge in [0.1, 0.15) is 0 Å². The number of amides is 2. The maximum Gasteiger partial charge on any atom is 0.258 e. The van der Waals surface area contributed by atoms with Crippen molar-refractivity contribution < 1.29 is 9.59 Å². The molecular formula is C31H36N4O2. The number of hydrogen-bond acceptors (Lipinski definition) is 4. The molecule has 6 nitrogen and oxygen atoms in total. The number of carbonyl (C=O) groups is 2. The van der Waals surface area contributed by atoms with E-state index in [1.54, 1.807) is 18.0 Å². The Hall–Kier alpha value is -3.90. The number of benzene rings is 3.